The number of allylic oxidation sites excluding steroid dienone is 4. The van der Waals surface area contributed by atoms with Gasteiger partial charge in [-0.2, -0.15) is 0 Å². The highest BCUT2D eigenvalue weighted by Crippen LogP contribution is 2.49. The number of aromatic carboxylic acids is 1. The van der Waals surface area contributed by atoms with E-state index in [-0.39, 0.29) is 83.5 Å². The first-order chi connectivity index (χ1) is 40.2. The number of ether oxygens (including phenoxy) is 3. The molecule has 4 aromatic rings. The number of aliphatic hydroxyl groups is 2. The number of esters is 1. The highest BCUT2D eigenvalue weighted by molar-refractivity contribution is 6.32. The van der Waals surface area contributed by atoms with Crippen molar-refractivity contribution in [3.05, 3.63) is 121 Å². The van der Waals surface area contributed by atoms with Gasteiger partial charge in [0, 0.05) is 75.4 Å². The highest BCUT2D eigenvalue weighted by Gasteiger charge is 2.53. The smallest absolute Gasteiger partial charge is 0.341 e. The zero-order chi connectivity index (χ0) is 61.7. The number of phenols is 1. The van der Waals surface area contributed by atoms with Crippen LogP contribution in [-0.4, -0.2) is 152 Å². The number of aliphatic hydroxyl groups excluding tert-OH is 2. The Morgan fingerprint density at radius 1 is 0.906 bits per heavy atom. The number of nitrogens with two attached hydrogens (primary N) is 2. The van der Waals surface area contributed by atoms with Crippen LogP contribution in [0.4, 0.5) is 19.0 Å². The Hall–Kier alpha value is -7.81. The van der Waals surface area contributed by atoms with Crippen LogP contribution in [-0.2, 0) is 19.1 Å². The van der Waals surface area contributed by atoms with E-state index in [0.717, 1.165) is 29.0 Å². The molecular formula is C60H69F3N8O14. The summed E-state index contributed by atoms with van der Waals surface area (Å²) in [5.74, 6) is -12.8. The van der Waals surface area contributed by atoms with Crippen molar-refractivity contribution in [3.8, 4) is 17.2 Å². The first-order valence-corrected chi connectivity index (χ1v) is 28.2. The number of carbonyl (C=O) groups is 6. The minimum Gasteiger partial charge on any atom is -0.507 e. The summed E-state index contributed by atoms with van der Waals surface area (Å²) in [5.41, 5.74) is 8.63. The largest absolute Gasteiger partial charge is 0.507 e. The number of likely N-dealkylation sites (tertiary alicyclic amines) is 1. The summed E-state index contributed by atoms with van der Waals surface area (Å²) < 4.78 is 63.9. The number of pyridine rings is 2. The lowest BCUT2D eigenvalue weighted by atomic mass is 9.82. The molecule has 5 bridgehead atoms. The first kappa shape index (κ1) is 61.7. The summed E-state index contributed by atoms with van der Waals surface area (Å²) in [7, 11) is 0. The van der Waals surface area contributed by atoms with Crippen LogP contribution < -0.4 is 37.2 Å². The molecule has 0 spiro atoms. The van der Waals surface area contributed by atoms with Gasteiger partial charge in [0.2, 0.25) is 22.8 Å². The number of nitrogens with zero attached hydrogens (tertiary/aromatic N) is 4. The number of aromatic hydroxyl groups is 1. The average Bonchev–Trinajstić information content (AvgIpc) is 2.09. The van der Waals surface area contributed by atoms with E-state index in [4.69, 9.17) is 25.7 Å². The van der Waals surface area contributed by atoms with E-state index in [0.29, 0.717) is 57.7 Å². The number of hydrogen-bond acceptors (Lipinski definition) is 19. The van der Waals surface area contributed by atoms with Crippen LogP contribution in [0.25, 0.3) is 16.7 Å². The molecule has 1 amide bonds. The second-order valence-corrected chi connectivity index (χ2v) is 22.8. The molecule has 2 aromatic carbocycles. The van der Waals surface area contributed by atoms with Gasteiger partial charge in [0.15, 0.2) is 17.3 Å². The van der Waals surface area contributed by atoms with Gasteiger partial charge in [0.25, 0.3) is 11.7 Å². The summed E-state index contributed by atoms with van der Waals surface area (Å²) in [5, 5.41) is 49.9. The summed E-state index contributed by atoms with van der Waals surface area (Å²) >= 11 is 0. The van der Waals surface area contributed by atoms with Gasteiger partial charge in [-0.25, -0.2) is 22.9 Å². The normalized spacial score (nSPS) is 27.6. The molecule has 0 radical (unpaired) electrons. The van der Waals surface area contributed by atoms with Crippen molar-refractivity contribution in [2.75, 3.05) is 44.2 Å². The number of anilines is 1. The summed E-state index contributed by atoms with van der Waals surface area (Å²) in [6.07, 6.45) is 3.90. The molecule has 25 heteroatoms. The quantitative estimate of drug-likeness (QED) is 0.114. The monoisotopic (exact) mass is 1180 g/mol. The number of rotatable bonds is 8. The molecule has 454 valence electrons. The molecule has 10 rings (SSSR count). The molecule has 22 nitrogen and oxygen atoms in total. The molecule has 2 aromatic heterocycles. The Labute approximate surface area is 486 Å². The van der Waals surface area contributed by atoms with Crippen molar-refractivity contribution >= 4 is 52.0 Å². The molecule has 7 heterocycles. The molecule has 2 fully saturated rings. The fourth-order valence-corrected chi connectivity index (χ4v) is 11.9. The molecule has 2 saturated heterocycles. The third kappa shape index (κ3) is 12.0. The van der Waals surface area contributed by atoms with Gasteiger partial charge in [-0.1, -0.05) is 38.5 Å². The number of nitrogens with one attached hydrogen (secondary N) is 2. The van der Waals surface area contributed by atoms with Gasteiger partial charge in [-0.05, 0) is 82.5 Å². The Balaban J connectivity index is 0.961. The third-order valence-corrected chi connectivity index (χ3v) is 16.9. The minimum atomic E-state index is -2.02. The van der Waals surface area contributed by atoms with E-state index in [1.807, 2.05) is 0 Å². The topological polar surface area (TPSA) is 328 Å². The summed E-state index contributed by atoms with van der Waals surface area (Å²) in [6, 6.07) is 0.764. The number of piperidine rings is 1. The number of benzene rings is 2. The van der Waals surface area contributed by atoms with Gasteiger partial charge in [-0.15, -0.1) is 0 Å². The number of aromatic nitrogens is 2. The van der Waals surface area contributed by atoms with Crippen LogP contribution >= 0.6 is 0 Å². The number of ketones is 3. The SMILES string of the molecule is CC(=O)O[C@H]1[C@H](N)[C@H](O)[C@H](N)[C@@H](O)[C@@H](C)/C=C/C=C(/C)C(=O)NC2=C(N3CCC(NCC4CCN(c5nc6c(cc5F)c(=O)c(C(=O)O)cn6-c5ccc(F)cc5F)C4)CC3)C(=O)c3c(c(O)c(C)c4c3C(=O)[C@@](C)(OCCCC[C@H]1C)O4)C2=O. The molecule has 0 saturated carbocycles. The lowest BCUT2D eigenvalue weighted by Crippen LogP contribution is -2.59. The number of amides is 1. The number of halogens is 3. The summed E-state index contributed by atoms with van der Waals surface area (Å²) in [6.45, 7) is 10.1. The maximum atomic E-state index is 16.0. The van der Waals surface area contributed by atoms with Gasteiger partial charge >= 0.3 is 11.9 Å². The van der Waals surface area contributed by atoms with Gasteiger partial charge < -0.3 is 66.5 Å². The highest BCUT2D eigenvalue weighted by atomic mass is 19.1. The third-order valence-electron chi connectivity index (χ3n) is 16.9. The van der Waals surface area contributed by atoms with Crippen LogP contribution in [0, 0.1) is 42.1 Å². The maximum absolute atomic E-state index is 16.0. The molecular weight excluding hydrogens is 1110 g/mol. The number of hydrogen-bond donors (Lipinski definition) is 8. The van der Waals surface area contributed by atoms with Gasteiger partial charge in [0.1, 0.15) is 46.2 Å². The number of fused-ring (bicyclic) bond motifs is 17. The second kappa shape index (κ2) is 24.7. The fraction of sp³-hybridized carbons (Fsp3) is 0.467. The average molecular weight is 1180 g/mol. The van der Waals surface area contributed by atoms with Crippen molar-refractivity contribution in [1.82, 2.24) is 25.1 Å². The lowest BCUT2D eigenvalue weighted by Gasteiger charge is -2.37. The lowest BCUT2D eigenvalue weighted by molar-refractivity contribution is -0.153. The van der Waals surface area contributed by atoms with E-state index in [2.05, 4.69) is 15.6 Å². The van der Waals surface area contributed by atoms with Gasteiger partial charge in [0.05, 0.1) is 58.7 Å². The molecule has 6 aliphatic rings. The van der Waals surface area contributed by atoms with E-state index in [1.54, 1.807) is 23.6 Å². The van der Waals surface area contributed by atoms with Crippen LogP contribution in [0.3, 0.4) is 0 Å². The molecule has 5 aliphatic heterocycles. The van der Waals surface area contributed by atoms with Crippen molar-refractivity contribution in [2.24, 2.45) is 29.2 Å². The Bertz CT molecular complexity index is 3560. The molecule has 1 aliphatic carbocycles. The second-order valence-electron chi connectivity index (χ2n) is 22.8. The Morgan fingerprint density at radius 2 is 1.61 bits per heavy atom. The predicted molar refractivity (Wildman–Crippen MR) is 302 cm³/mol. The summed E-state index contributed by atoms with van der Waals surface area (Å²) in [4.78, 5) is 104. The van der Waals surface area contributed by atoms with Crippen LogP contribution in [0.2, 0.25) is 0 Å². The number of carbonyl (C=O) groups excluding carboxylic acids is 5. The van der Waals surface area contributed by atoms with E-state index in [1.165, 1.54) is 45.9 Å². The van der Waals surface area contributed by atoms with Crippen molar-refractivity contribution in [2.45, 2.75) is 122 Å². The molecule has 1 unspecified atom stereocenters. The van der Waals surface area contributed by atoms with Crippen molar-refractivity contribution in [3.63, 3.8) is 0 Å². The van der Waals surface area contributed by atoms with Crippen LogP contribution in [0.15, 0.2) is 70.5 Å². The number of Topliss-reactive ketones (excluding diaryl/α,β-unsaturated/α-hetero) is 3. The molecule has 85 heavy (non-hydrogen) atoms. The van der Waals surface area contributed by atoms with Crippen LogP contribution in [0.1, 0.15) is 120 Å². The first-order valence-electron chi connectivity index (χ1n) is 28.2. The van der Waals surface area contributed by atoms with Crippen molar-refractivity contribution < 1.29 is 76.6 Å². The zero-order valence-corrected chi connectivity index (χ0v) is 47.7. The number of phenolic OH excluding ortho intramolecular Hbond substituents is 1. The number of carboxylic acids is 1. The van der Waals surface area contributed by atoms with E-state index >= 15 is 13.6 Å². The predicted octanol–water partition coefficient (Wildman–Crippen LogP) is 4.38. The standard InChI is InChI=1S/C60H69F3N8O14/c1-27-11-9-12-29(3)58(80)67-45-46(51(77)40-41(50(45)76)48(74)30(4)54-42(40)55(79)60(6,85-54)83-21-8-7-10-28(2)53(84-31(5)72)44(65)52(78)43(64)47(27)73)69-19-16-34(17-20-69)66-24-32-15-18-70(25-32)57-38(63)23-35-49(75)36(59(81)82)26-71(56(35)68-57)39-14-13-33(61)22-37(39)62/h9,11-14,22-23,26-28,32,34,43-44,47,52-53,66,73-74,78H,7-8,10,15-21,24-25,64-65H2,1-6H3,(H,67,80)(H,81,82)/b11-9+,29-12-/t27-,28+,32?,43+,44+,47-,52+,53+,60-/m0/s1. The van der Waals surface area contributed by atoms with E-state index < -0.39 is 140 Å². The Morgan fingerprint density at radius 3 is 2.29 bits per heavy atom. The molecule has 10 N–H and O–H groups in total. The van der Waals surface area contributed by atoms with Crippen LogP contribution in [0.5, 0.6) is 11.5 Å². The van der Waals surface area contributed by atoms with Crippen molar-refractivity contribution in [1.29, 1.82) is 0 Å². The Kier molecular flexibility index (Phi) is 17.9. The van der Waals surface area contributed by atoms with E-state index in [9.17, 15) is 53.6 Å². The number of carboxylic acid groups (broad SMARTS) is 1. The minimum absolute atomic E-state index is 0.0243. The van der Waals surface area contributed by atoms with Gasteiger partial charge in [-0.3, -0.25) is 33.3 Å². The molecule has 9 atom stereocenters. The zero-order valence-electron chi connectivity index (χ0n) is 47.7. The maximum Gasteiger partial charge on any atom is 0.341 e. The fourth-order valence-electron chi connectivity index (χ4n) is 11.9.